The molecule has 316 valence electrons. The van der Waals surface area contributed by atoms with Crippen LogP contribution in [0.1, 0.15) is 147 Å². The largest absolute Gasteiger partial charge is 0.355 e. The second-order valence-electron chi connectivity index (χ2n) is 15.8. The molecule has 0 aliphatic heterocycles. The van der Waals surface area contributed by atoms with Crippen molar-refractivity contribution in [2.45, 2.75) is 136 Å². The molecule has 0 spiro atoms. The lowest BCUT2D eigenvalue weighted by atomic mass is 10.00. The molecule has 4 rings (SSSR count). The molecule has 0 aromatic heterocycles. The van der Waals surface area contributed by atoms with E-state index in [4.69, 9.17) is 4.99 Å². The van der Waals surface area contributed by atoms with Crippen LogP contribution in [0.15, 0.2) is 89.9 Å². The fourth-order valence-electron chi connectivity index (χ4n) is 7.65. The summed E-state index contributed by atoms with van der Waals surface area (Å²) in [6, 6.07) is 28.1. The van der Waals surface area contributed by atoms with Gasteiger partial charge in [-0.15, -0.1) is 0 Å². The molecule has 2 atom stereocenters. The Hall–Kier alpha value is -4.79. The van der Waals surface area contributed by atoms with E-state index in [9.17, 15) is 9.59 Å². The highest BCUT2D eigenvalue weighted by molar-refractivity contribution is 5.88. The molecule has 4 aromatic carbocycles. The lowest BCUT2D eigenvalue weighted by Gasteiger charge is -2.18. The number of nitrogens with zero attached hydrogens (tertiary/aromatic N) is 1. The van der Waals surface area contributed by atoms with Gasteiger partial charge in [-0.1, -0.05) is 188 Å². The highest BCUT2D eigenvalue weighted by atomic mass is 16.2. The molecule has 0 aliphatic rings. The highest BCUT2D eigenvalue weighted by Crippen LogP contribution is 2.25. The maximum absolute atomic E-state index is 12.8. The molecule has 0 heterocycles. The Morgan fingerprint density at radius 3 is 1.26 bits per heavy atom. The Labute approximate surface area is 349 Å². The van der Waals surface area contributed by atoms with Gasteiger partial charge in [-0.2, -0.15) is 0 Å². The zero-order chi connectivity index (χ0) is 41.0. The van der Waals surface area contributed by atoms with Gasteiger partial charge in [0, 0.05) is 32.7 Å². The van der Waals surface area contributed by atoms with E-state index >= 15 is 0 Å². The van der Waals surface area contributed by atoms with Crippen molar-refractivity contribution in [2.24, 2.45) is 4.99 Å². The number of unbranched alkanes of at least 4 members (excludes halogenated alkanes) is 15. The third-order valence-electron chi connectivity index (χ3n) is 11.0. The number of rotatable bonds is 27. The number of nitrogens with one attached hydrogen (secondary N) is 6. The SMILES string of the molecule is CCCCCCCCCCCCCCCCCCN=C(NCCNC(=O)N[C@@H](C)c1cccc2ccccc12)NCCNC(=O)N[C@@H](C)c1cccc2ccccc12. The highest BCUT2D eigenvalue weighted by Gasteiger charge is 2.13. The normalized spacial score (nSPS) is 12.1. The average Bonchev–Trinajstić information content (AvgIpc) is 3.24. The molecule has 0 bridgehead atoms. The van der Waals surface area contributed by atoms with Crippen LogP contribution < -0.4 is 31.9 Å². The van der Waals surface area contributed by atoms with Gasteiger partial charge >= 0.3 is 12.1 Å². The number of hydrogen-bond donors (Lipinski definition) is 6. The van der Waals surface area contributed by atoms with Crippen LogP contribution in [0.5, 0.6) is 0 Å². The second kappa shape index (κ2) is 27.8. The van der Waals surface area contributed by atoms with E-state index in [2.05, 4.69) is 87.4 Å². The lowest BCUT2D eigenvalue weighted by molar-refractivity contribution is 0.237. The van der Waals surface area contributed by atoms with Crippen LogP contribution in [-0.4, -0.2) is 50.7 Å². The molecular formula is C49H73N7O2. The summed E-state index contributed by atoms with van der Waals surface area (Å²) < 4.78 is 0. The number of hydrogen-bond acceptors (Lipinski definition) is 3. The predicted molar refractivity (Wildman–Crippen MR) is 246 cm³/mol. The maximum atomic E-state index is 12.8. The minimum Gasteiger partial charge on any atom is -0.355 e. The number of benzene rings is 4. The summed E-state index contributed by atoms with van der Waals surface area (Å²) in [6.45, 7) is 8.90. The van der Waals surface area contributed by atoms with Gasteiger partial charge in [0.2, 0.25) is 0 Å². The fourth-order valence-corrected chi connectivity index (χ4v) is 7.65. The predicted octanol–water partition coefficient (Wildman–Crippen LogP) is 11.2. The average molecular weight is 792 g/mol. The van der Waals surface area contributed by atoms with Crippen molar-refractivity contribution in [1.82, 2.24) is 31.9 Å². The van der Waals surface area contributed by atoms with Crippen molar-refractivity contribution < 1.29 is 9.59 Å². The van der Waals surface area contributed by atoms with Gasteiger partial charge in [0.25, 0.3) is 0 Å². The van der Waals surface area contributed by atoms with Crippen molar-refractivity contribution in [3.8, 4) is 0 Å². The van der Waals surface area contributed by atoms with Crippen LogP contribution in [0.3, 0.4) is 0 Å². The van der Waals surface area contributed by atoms with Gasteiger partial charge in [-0.3, -0.25) is 4.99 Å². The topological polar surface area (TPSA) is 119 Å². The molecule has 4 amide bonds. The molecule has 0 aliphatic carbocycles. The summed E-state index contributed by atoms with van der Waals surface area (Å²) in [5.74, 6) is 0.679. The van der Waals surface area contributed by atoms with Crippen molar-refractivity contribution in [3.05, 3.63) is 96.1 Å². The van der Waals surface area contributed by atoms with Gasteiger partial charge in [-0.25, -0.2) is 9.59 Å². The molecule has 0 radical (unpaired) electrons. The van der Waals surface area contributed by atoms with Crippen molar-refractivity contribution >= 4 is 39.6 Å². The van der Waals surface area contributed by atoms with E-state index in [0.717, 1.165) is 45.6 Å². The standard InChI is InChI=1S/C49H73N7O2/c1-4-5-6-7-8-9-10-11-12-13-14-15-16-17-18-23-34-50-47(51-35-37-53-48(57)55-39(2)43-32-24-28-41-26-19-21-30-45(41)43)52-36-38-54-49(58)56-40(3)44-33-25-29-42-27-20-22-31-46(42)44/h19-22,24-33,39-40H,4-18,23,34-38H2,1-3H3,(H2,50,51,52)(H2,53,55,57)(H2,54,56,58)/t39-,40-/m0/s1. The summed E-state index contributed by atoms with van der Waals surface area (Å²) in [7, 11) is 0. The first-order chi connectivity index (χ1) is 28.5. The van der Waals surface area contributed by atoms with Crippen LogP contribution >= 0.6 is 0 Å². The van der Waals surface area contributed by atoms with Crippen LogP contribution in [0.4, 0.5) is 9.59 Å². The Bertz CT molecular complexity index is 1670. The van der Waals surface area contributed by atoms with E-state index in [1.165, 1.54) is 96.3 Å². The minimum atomic E-state index is -0.213. The first kappa shape index (κ1) is 45.9. The first-order valence-electron chi connectivity index (χ1n) is 22.5. The van der Waals surface area contributed by atoms with Crippen LogP contribution in [0.25, 0.3) is 21.5 Å². The third-order valence-corrected chi connectivity index (χ3v) is 11.0. The third kappa shape index (κ3) is 17.4. The number of aliphatic imine (C=N–C) groups is 1. The van der Waals surface area contributed by atoms with Crippen LogP contribution in [-0.2, 0) is 0 Å². The summed E-state index contributed by atoms with van der Waals surface area (Å²) in [5.41, 5.74) is 2.17. The Kier molecular flexibility index (Phi) is 22.0. The summed E-state index contributed by atoms with van der Waals surface area (Å²) in [6.07, 6.45) is 21.4. The number of carbonyl (C=O) groups is 2. The second-order valence-corrected chi connectivity index (χ2v) is 15.8. The number of amides is 4. The molecule has 0 saturated carbocycles. The molecular weight excluding hydrogens is 719 g/mol. The zero-order valence-corrected chi connectivity index (χ0v) is 35.9. The van der Waals surface area contributed by atoms with Crippen molar-refractivity contribution in [2.75, 3.05) is 32.7 Å². The van der Waals surface area contributed by atoms with Gasteiger partial charge in [0.1, 0.15) is 0 Å². The summed E-state index contributed by atoms with van der Waals surface area (Å²) in [4.78, 5) is 30.5. The molecule has 9 nitrogen and oxygen atoms in total. The van der Waals surface area contributed by atoms with Crippen molar-refractivity contribution in [1.29, 1.82) is 0 Å². The fraction of sp³-hybridized carbons (Fsp3) is 0.531. The van der Waals surface area contributed by atoms with Gasteiger partial charge in [0.05, 0.1) is 12.1 Å². The molecule has 58 heavy (non-hydrogen) atoms. The molecule has 6 N–H and O–H groups in total. The number of guanidine groups is 1. The molecule has 9 heteroatoms. The quantitative estimate of drug-likeness (QED) is 0.0205. The number of urea groups is 2. The van der Waals surface area contributed by atoms with E-state index in [1.807, 2.05) is 50.2 Å². The van der Waals surface area contributed by atoms with Crippen LogP contribution in [0, 0.1) is 0 Å². The Morgan fingerprint density at radius 2 is 0.828 bits per heavy atom. The van der Waals surface area contributed by atoms with Gasteiger partial charge in [-0.05, 0) is 52.9 Å². The first-order valence-corrected chi connectivity index (χ1v) is 22.5. The van der Waals surface area contributed by atoms with Crippen molar-refractivity contribution in [3.63, 3.8) is 0 Å². The number of carbonyl (C=O) groups excluding carboxylic acids is 2. The van der Waals surface area contributed by atoms with E-state index in [1.54, 1.807) is 0 Å². The zero-order valence-electron chi connectivity index (χ0n) is 35.9. The van der Waals surface area contributed by atoms with E-state index < -0.39 is 0 Å². The smallest absolute Gasteiger partial charge is 0.315 e. The number of fused-ring (bicyclic) bond motifs is 2. The molecule has 0 unspecified atom stereocenters. The Balaban J connectivity index is 1.14. The molecule has 0 saturated heterocycles. The van der Waals surface area contributed by atoms with Gasteiger partial charge in [0.15, 0.2) is 5.96 Å². The Morgan fingerprint density at radius 1 is 0.466 bits per heavy atom. The van der Waals surface area contributed by atoms with E-state index in [0.29, 0.717) is 32.1 Å². The maximum Gasteiger partial charge on any atom is 0.315 e. The summed E-state index contributed by atoms with van der Waals surface area (Å²) >= 11 is 0. The van der Waals surface area contributed by atoms with Crippen LogP contribution in [0.2, 0.25) is 0 Å². The minimum absolute atomic E-state index is 0.141. The van der Waals surface area contributed by atoms with E-state index in [-0.39, 0.29) is 24.1 Å². The lowest BCUT2D eigenvalue weighted by Crippen LogP contribution is -2.46. The van der Waals surface area contributed by atoms with Gasteiger partial charge < -0.3 is 31.9 Å². The molecule has 4 aromatic rings. The summed E-state index contributed by atoms with van der Waals surface area (Å²) in [5, 5.41) is 23.4. The molecule has 0 fully saturated rings. The monoisotopic (exact) mass is 792 g/mol.